The van der Waals surface area contributed by atoms with E-state index in [9.17, 15) is 4.79 Å². The Hall–Kier alpha value is -1.35. The highest BCUT2D eigenvalue weighted by atomic mass is 16.4. The predicted molar refractivity (Wildman–Crippen MR) is 83.1 cm³/mol. The van der Waals surface area contributed by atoms with Crippen molar-refractivity contribution in [3.8, 4) is 0 Å². The third-order valence-corrected chi connectivity index (χ3v) is 2.87. The molecule has 0 saturated heterocycles. The third kappa shape index (κ3) is 9.25. The fourth-order valence-electron chi connectivity index (χ4n) is 1.74. The van der Waals surface area contributed by atoms with Gasteiger partial charge in [0, 0.05) is 0 Å². The first-order chi connectivity index (χ1) is 9.04. The van der Waals surface area contributed by atoms with Crippen LogP contribution in [-0.2, 0) is 4.79 Å². The lowest BCUT2D eigenvalue weighted by atomic mass is 9.78. The van der Waals surface area contributed by atoms with Crippen molar-refractivity contribution in [3.05, 3.63) is 38.0 Å². The van der Waals surface area contributed by atoms with Crippen LogP contribution >= 0.6 is 0 Å². The van der Waals surface area contributed by atoms with Gasteiger partial charge in [-0.3, -0.25) is 4.79 Å². The molecule has 19 heavy (non-hydrogen) atoms. The highest BCUT2D eigenvalue weighted by molar-refractivity contribution is 5.75. The zero-order valence-corrected chi connectivity index (χ0v) is 12.2. The molecule has 0 saturated carbocycles. The molecule has 0 aromatic rings. The second-order valence-electron chi connectivity index (χ2n) is 4.56. The average molecular weight is 267 g/mol. The Bertz CT molecular complexity index is 241. The van der Waals surface area contributed by atoms with Crippen LogP contribution in [0.3, 0.4) is 0 Å². The molecular weight excluding hydrogens is 238 g/mol. The Balaban J connectivity index is 0. The number of aliphatic carboxylic acids is 1. The van der Waals surface area contributed by atoms with Crippen molar-refractivity contribution >= 4 is 5.97 Å². The summed E-state index contributed by atoms with van der Waals surface area (Å²) < 4.78 is 0. The number of carbonyl (C=O) groups is 1. The van der Waals surface area contributed by atoms with Crippen LogP contribution in [0.1, 0.15) is 45.4 Å². The molecule has 0 aromatic heterocycles. The third-order valence-electron chi connectivity index (χ3n) is 2.87. The Kier molecular flexibility index (Phi) is 13.8. The van der Waals surface area contributed by atoms with Gasteiger partial charge >= 0.3 is 5.97 Å². The topological polar surface area (TPSA) is 63.3 Å². The molecule has 0 aliphatic heterocycles. The first-order valence-corrected chi connectivity index (χ1v) is 6.80. The van der Waals surface area contributed by atoms with Crippen LogP contribution in [0.25, 0.3) is 0 Å². The van der Waals surface area contributed by atoms with Crippen molar-refractivity contribution in [1.82, 2.24) is 0 Å². The van der Waals surface area contributed by atoms with Gasteiger partial charge in [0.25, 0.3) is 0 Å². The molecule has 0 amide bonds. The van der Waals surface area contributed by atoms with Crippen LogP contribution in [0.2, 0.25) is 0 Å². The Morgan fingerprint density at radius 1 is 1.11 bits per heavy atom. The standard InChI is InChI=1S/C11H16O2.C5H13N/c1-4-7-11(8-5-2,9-6-3)10(12)13;1-2-3-4-5-6/h4-6H,1-3,7-9H2,(H,12,13);2-6H2,1H3. The summed E-state index contributed by atoms with van der Waals surface area (Å²) in [5.41, 5.74) is 4.43. The fraction of sp³-hybridized carbons (Fsp3) is 0.562. The van der Waals surface area contributed by atoms with Crippen molar-refractivity contribution in [1.29, 1.82) is 0 Å². The molecule has 3 nitrogen and oxygen atoms in total. The maximum Gasteiger partial charge on any atom is 0.310 e. The summed E-state index contributed by atoms with van der Waals surface area (Å²) in [6.45, 7) is 13.7. The first kappa shape index (κ1) is 20.0. The molecule has 0 unspecified atom stereocenters. The molecule has 3 heteroatoms. The zero-order valence-electron chi connectivity index (χ0n) is 12.2. The van der Waals surface area contributed by atoms with E-state index in [1.165, 1.54) is 19.3 Å². The van der Waals surface area contributed by atoms with Gasteiger partial charge in [0.15, 0.2) is 0 Å². The summed E-state index contributed by atoms with van der Waals surface area (Å²) in [5.74, 6) is -0.813. The van der Waals surface area contributed by atoms with Gasteiger partial charge in [-0.25, -0.2) is 0 Å². The van der Waals surface area contributed by atoms with Gasteiger partial charge in [-0.05, 0) is 32.2 Å². The molecular formula is C16H29NO2. The number of rotatable bonds is 10. The lowest BCUT2D eigenvalue weighted by molar-refractivity contribution is -0.148. The molecule has 0 aromatic carbocycles. The molecule has 0 spiro atoms. The molecule has 0 radical (unpaired) electrons. The van der Waals surface area contributed by atoms with E-state index in [1.54, 1.807) is 18.2 Å². The summed E-state index contributed by atoms with van der Waals surface area (Å²) in [6.07, 6.45) is 9.97. The Labute approximate surface area is 117 Å². The minimum Gasteiger partial charge on any atom is -0.481 e. The van der Waals surface area contributed by atoms with Crippen LogP contribution in [-0.4, -0.2) is 17.6 Å². The van der Waals surface area contributed by atoms with Gasteiger partial charge in [0.05, 0.1) is 5.41 Å². The molecule has 3 N–H and O–H groups in total. The number of hydrogen-bond acceptors (Lipinski definition) is 2. The van der Waals surface area contributed by atoms with Crippen molar-refractivity contribution in [2.75, 3.05) is 6.54 Å². The number of carboxylic acids is 1. The molecule has 0 fully saturated rings. The van der Waals surface area contributed by atoms with Gasteiger partial charge in [-0.2, -0.15) is 0 Å². The van der Waals surface area contributed by atoms with E-state index in [0.29, 0.717) is 19.3 Å². The monoisotopic (exact) mass is 267 g/mol. The zero-order chi connectivity index (χ0) is 15.1. The highest BCUT2D eigenvalue weighted by Crippen LogP contribution is 2.32. The van der Waals surface area contributed by atoms with Gasteiger partial charge in [0.1, 0.15) is 0 Å². The molecule has 0 bridgehead atoms. The molecule has 0 rings (SSSR count). The SMILES string of the molecule is C=CCC(CC=C)(CC=C)C(=O)O.CCCCCN. The lowest BCUT2D eigenvalue weighted by Gasteiger charge is -2.25. The minimum atomic E-state index is -0.813. The molecule has 0 aliphatic rings. The summed E-state index contributed by atoms with van der Waals surface area (Å²) in [7, 11) is 0. The van der Waals surface area contributed by atoms with E-state index in [2.05, 4.69) is 26.7 Å². The van der Waals surface area contributed by atoms with Crippen LogP contribution < -0.4 is 5.73 Å². The fourth-order valence-corrected chi connectivity index (χ4v) is 1.74. The predicted octanol–water partition coefficient (Wildman–Crippen LogP) is 3.92. The molecule has 110 valence electrons. The summed E-state index contributed by atoms with van der Waals surface area (Å²) in [5, 5.41) is 9.07. The minimum absolute atomic E-state index is 0.445. The first-order valence-electron chi connectivity index (χ1n) is 6.80. The van der Waals surface area contributed by atoms with Crippen molar-refractivity contribution in [2.24, 2.45) is 11.1 Å². The molecule has 0 aliphatic carbocycles. The van der Waals surface area contributed by atoms with Crippen molar-refractivity contribution in [3.63, 3.8) is 0 Å². The Morgan fingerprint density at radius 3 is 1.68 bits per heavy atom. The number of carboxylic acid groups (broad SMARTS) is 1. The van der Waals surface area contributed by atoms with Crippen molar-refractivity contribution in [2.45, 2.75) is 45.4 Å². The summed E-state index contributed by atoms with van der Waals surface area (Å²) >= 11 is 0. The molecule has 0 heterocycles. The maximum atomic E-state index is 11.0. The Morgan fingerprint density at radius 2 is 1.53 bits per heavy atom. The van der Waals surface area contributed by atoms with Gasteiger partial charge in [-0.1, -0.05) is 38.0 Å². The second-order valence-corrected chi connectivity index (χ2v) is 4.56. The normalized spacial score (nSPS) is 10.0. The van der Waals surface area contributed by atoms with E-state index < -0.39 is 11.4 Å². The van der Waals surface area contributed by atoms with Gasteiger partial charge in [0.2, 0.25) is 0 Å². The van der Waals surface area contributed by atoms with E-state index >= 15 is 0 Å². The van der Waals surface area contributed by atoms with Crippen LogP contribution in [0, 0.1) is 5.41 Å². The highest BCUT2D eigenvalue weighted by Gasteiger charge is 2.34. The summed E-state index contributed by atoms with van der Waals surface area (Å²) in [4.78, 5) is 11.0. The van der Waals surface area contributed by atoms with E-state index in [1.807, 2.05) is 0 Å². The summed E-state index contributed by atoms with van der Waals surface area (Å²) in [6, 6.07) is 0. The molecule has 0 atom stereocenters. The van der Waals surface area contributed by atoms with E-state index in [0.717, 1.165) is 6.54 Å². The number of unbranched alkanes of at least 4 members (excludes halogenated alkanes) is 2. The van der Waals surface area contributed by atoms with Crippen LogP contribution in [0.15, 0.2) is 38.0 Å². The quantitative estimate of drug-likeness (QED) is 0.466. The van der Waals surface area contributed by atoms with Gasteiger partial charge in [-0.15, -0.1) is 19.7 Å². The number of allylic oxidation sites excluding steroid dienone is 3. The van der Waals surface area contributed by atoms with Crippen molar-refractivity contribution < 1.29 is 9.90 Å². The number of hydrogen-bond donors (Lipinski definition) is 2. The smallest absolute Gasteiger partial charge is 0.310 e. The second kappa shape index (κ2) is 13.1. The van der Waals surface area contributed by atoms with Crippen LogP contribution in [0.4, 0.5) is 0 Å². The van der Waals surface area contributed by atoms with E-state index in [-0.39, 0.29) is 0 Å². The van der Waals surface area contributed by atoms with Crippen LogP contribution in [0.5, 0.6) is 0 Å². The number of nitrogens with two attached hydrogens (primary N) is 1. The average Bonchev–Trinajstić information content (AvgIpc) is 2.37. The maximum absolute atomic E-state index is 11.0. The largest absolute Gasteiger partial charge is 0.481 e. The lowest BCUT2D eigenvalue weighted by Crippen LogP contribution is -2.29. The van der Waals surface area contributed by atoms with Gasteiger partial charge < -0.3 is 10.8 Å². The van der Waals surface area contributed by atoms with E-state index in [4.69, 9.17) is 10.8 Å².